The number of pyridine rings is 1. The minimum absolute atomic E-state index is 0.0370. The standard InChI is InChI=1S/C13H15N3O/c1-9-4-5-12(10(2)15-9)7-16-8-13(6-14-16)11(3)17/h4-6,8H,7H2,1-3H3. The van der Waals surface area contributed by atoms with Gasteiger partial charge in [-0.15, -0.1) is 0 Å². The van der Waals surface area contributed by atoms with E-state index in [-0.39, 0.29) is 5.78 Å². The number of hydrogen-bond acceptors (Lipinski definition) is 3. The Hall–Kier alpha value is -1.97. The van der Waals surface area contributed by atoms with Gasteiger partial charge in [0.25, 0.3) is 0 Å². The topological polar surface area (TPSA) is 47.8 Å². The summed E-state index contributed by atoms with van der Waals surface area (Å²) in [7, 11) is 0. The van der Waals surface area contributed by atoms with Crippen molar-refractivity contribution in [2.45, 2.75) is 27.3 Å². The van der Waals surface area contributed by atoms with Crippen LogP contribution in [0.1, 0.15) is 34.2 Å². The summed E-state index contributed by atoms with van der Waals surface area (Å²) >= 11 is 0. The van der Waals surface area contributed by atoms with Crippen molar-refractivity contribution < 1.29 is 4.79 Å². The van der Waals surface area contributed by atoms with Gasteiger partial charge < -0.3 is 0 Å². The number of carbonyl (C=O) groups excluding carboxylic acids is 1. The predicted octanol–water partition coefficient (Wildman–Crippen LogP) is 2.15. The Labute approximate surface area is 100 Å². The van der Waals surface area contributed by atoms with Gasteiger partial charge in [0.2, 0.25) is 0 Å². The Morgan fingerprint density at radius 2 is 2.12 bits per heavy atom. The zero-order valence-corrected chi connectivity index (χ0v) is 10.3. The molecule has 0 saturated carbocycles. The Kier molecular flexibility index (Phi) is 3.04. The summed E-state index contributed by atoms with van der Waals surface area (Å²) < 4.78 is 1.76. The molecule has 4 heteroatoms. The van der Waals surface area contributed by atoms with Crippen LogP contribution in [0.3, 0.4) is 0 Å². The van der Waals surface area contributed by atoms with Crippen LogP contribution in [0.25, 0.3) is 0 Å². The zero-order chi connectivity index (χ0) is 12.4. The maximum atomic E-state index is 11.2. The van der Waals surface area contributed by atoms with Gasteiger partial charge in [0, 0.05) is 17.6 Å². The highest BCUT2D eigenvalue weighted by Gasteiger charge is 2.05. The molecule has 2 aromatic rings. The van der Waals surface area contributed by atoms with Gasteiger partial charge in [-0.3, -0.25) is 14.5 Å². The average Bonchev–Trinajstić information content (AvgIpc) is 2.71. The van der Waals surface area contributed by atoms with Crippen molar-refractivity contribution >= 4 is 5.78 Å². The highest BCUT2D eigenvalue weighted by molar-refractivity contribution is 5.93. The minimum Gasteiger partial charge on any atom is -0.294 e. The fourth-order valence-electron chi connectivity index (χ4n) is 1.69. The molecule has 0 aromatic carbocycles. The molecule has 88 valence electrons. The summed E-state index contributed by atoms with van der Waals surface area (Å²) in [5, 5.41) is 4.16. The average molecular weight is 229 g/mol. The van der Waals surface area contributed by atoms with Crippen molar-refractivity contribution in [3.05, 3.63) is 47.0 Å². The molecular weight excluding hydrogens is 214 g/mol. The van der Waals surface area contributed by atoms with Gasteiger partial charge in [0.05, 0.1) is 18.3 Å². The maximum Gasteiger partial charge on any atom is 0.162 e. The van der Waals surface area contributed by atoms with Crippen molar-refractivity contribution in [3.8, 4) is 0 Å². The van der Waals surface area contributed by atoms with Crippen molar-refractivity contribution in [2.24, 2.45) is 0 Å². The van der Waals surface area contributed by atoms with E-state index in [1.165, 1.54) is 0 Å². The number of nitrogens with zero attached hydrogens (tertiary/aromatic N) is 3. The molecule has 2 rings (SSSR count). The Balaban J connectivity index is 2.22. The van der Waals surface area contributed by atoms with Crippen molar-refractivity contribution in [2.75, 3.05) is 0 Å². The number of carbonyl (C=O) groups is 1. The van der Waals surface area contributed by atoms with Gasteiger partial charge >= 0.3 is 0 Å². The van der Waals surface area contributed by atoms with Crippen molar-refractivity contribution in [3.63, 3.8) is 0 Å². The van der Waals surface area contributed by atoms with E-state index in [9.17, 15) is 4.79 Å². The molecule has 0 unspecified atom stereocenters. The van der Waals surface area contributed by atoms with E-state index in [2.05, 4.69) is 10.1 Å². The van der Waals surface area contributed by atoms with Gasteiger partial charge in [0.1, 0.15) is 0 Å². The van der Waals surface area contributed by atoms with Crippen LogP contribution >= 0.6 is 0 Å². The van der Waals surface area contributed by atoms with Crippen LogP contribution in [-0.2, 0) is 6.54 Å². The fourth-order valence-corrected chi connectivity index (χ4v) is 1.69. The number of ketones is 1. The molecule has 2 aromatic heterocycles. The SMILES string of the molecule is CC(=O)c1cnn(Cc2ccc(C)nc2C)c1. The van der Waals surface area contributed by atoms with Crippen LogP contribution in [0.15, 0.2) is 24.5 Å². The molecule has 0 fully saturated rings. The largest absolute Gasteiger partial charge is 0.294 e. The molecule has 0 aliphatic carbocycles. The highest BCUT2D eigenvalue weighted by atomic mass is 16.1. The lowest BCUT2D eigenvalue weighted by Crippen LogP contribution is -2.03. The third kappa shape index (κ3) is 2.58. The van der Waals surface area contributed by atoms with Gasteiger partial charge in [-0.2, -0.15) is 5.10 Å². The van der Waals surface area contributed by atoms with E-state index in [0.717, 1.165) is 17.0 Å². The zero-order valence-electron chi connectivity index (χ0n) is 10.3. The van der Waals surface area contributed by atoms with Crippen LogP contribution < -0.4 is 0 Å². The monoisotopic (exact) mass is 229 g/mol. The van der Waals surface area contributed by atoms with Crippen LogP contribution in [0.2, 0.25) is 0 Å². The second kappa shape index (κ2) is 4.49. The normalized spacial score (nSPS) is 10.5. The minimum atomic E-state index is 0.0370. The Morgan fingerprint density at radius 1 is 1.35 bits per heavy atom. The van der Waals surface area contributed by atoms with Crippen LogP contribution in [0.5, 0.6) is 0 Å². The predicted molar refractivity (Wildman–Crippen MR) is 65.0 cm³/mol. The molecule has 0 atom stereocenters. The molecule has 0 N–H and O–H groups in total. The van der Waals surface area contributed by atoms with E-state index < -0.39 is 0 Å². The lowest BCUT2D eigenvalue weighted by Gasteiger charge is -2.05. The molecular formula is C13H15N3O. The second-order valence-corrected chi connectivity index (χ2v) is 4.18. The van der Waals surface area contributed by atoms with Gasteiger partial charge in [0.15, 0.2) is 5.78 Å². The van der Waals surface area contributed by atoms with Gasteiger partial charge in [-0.25, -0.2) is 0 Å². The molecule has 0 bridgehead atoms. The molecule has 0 spiro atoms. The number of aryl methyl sites for hydroxylation is 2. The number of rotatable bonds is 3. The van der Waals surface area contributed by atoms with Crippen LogP contribution in [-0.4, -0.2) is 20.5 Å². The highest BCUT2D eigenvalue weighted by Crippen LogP contribution is 2.09. The van der Waals surface area contributed by atoms with Gasteiger partial charge in [-0.05, 0) is 32.4 Å². The molecule has 0 aliphatic rings. The Bertz CT molecular complexity index is 558. The second-order valence-electron chi connectivity index (χ2n) is 4.18. The van der Waals surface area contributed by atoms with E-state index in [1.54, 1.807) is 24.0 Å². The lowest BCUT2D eigenvalue weighted by molar-refractivity contribution is 0.101. The number of aromatic nitrogens is 3. The van der Waals surface area contributed by atoms with Crippen LogP contribution in [0, 0.1) is 13.8 Å². The first kappa shape index (κ1) is 11.5. The van der Waals surface area contributed by atoms with Crippen molar-refractivity contribution in [1.29, 1.82) is 0 Å². The molecule has 0 aliphatic heterocycles. The summed E-state index contributed by atoms with van der Waals surface area (Å²) in [6, 6.07) is 4.03. The smallest absolute Gasteiger partial charge is 0.162 e. The summed E-state index contributed by atoms with van der Waals surface area (Å²) in [5.41, 5.74) is 3.78. The first-order chi connectivity index (χ1) is 8.06. The third-order valence-electron chi connectivity index (χ3n) is 2.71. The van der Waals surface area contributed by atoms with E-state index >= 15 is 0 Å². The number of hydrogen-bond donors (Lipinski definition) is 0. The van der Waals surface area contributed by atoms with Crippen LogP contribution in [0.4, 0.5) is 0 Å². The molecule has 0 radical (unpaired) electrons. The summed E-state index contributed by atoms with van der Waals surface area (Å²) in [4.78, 5) is 15.6. The first-order valence-corrected chi connectivity index (χ1v) is 5.53. The summed E-state index contributed by atoms with van der Waals surface area (Å²) in [6.45, 7) is 6.14. The quantitative estimate of drug-likeness (QED) is 0.758. The summed E-state index contributed by atoms with van der Waals surface area (Å²) in [5.74, 6) is 0.0370. The molecule has 0 amide bonds. The van der Waals surface area contributed by atoms with E-state index in [0.29, 0.717) is 12.1 Å². The summed E-state index contributed by atoms with van der Waals surface area (Å²) in [6.07, 6.45) is 3.36. The first-order valence-electron chi connectivity index (χ1n) is 5.53. The molecule has 2 heterocycles. The van der Waals surface area contributed by atoms with Crippen molar-refractivity contribution in [1.82, 2.24) is 14.8 Å². The molecule has 0 saturated heterocycles. The maximum absolute atomic E-state index is 11.2. The molecule has 17 heavy (non-hydrogen) atoms. The van der Waals surface area contributed by atoms with Gasteiger partial charge in [-0.1, -0.05) is 6.07 Å². The number of Topliss-reactive ketones (excluding diaryl/α,β-unsaturated/α-hetero) is 1. The van der Waals surface area contributed by atoms with E-state index in [1.807, 2.05) is 26.0 Å². The van der Waals surface area contributed by atoms with E-state index in [4.69, 9.17) is 0 Å². The Morgan fingerprint density at radius 3 is 2.71 bits per heavy atom. The third-order valence-corrected chi connectivity index (χ3v) is 2.71. The fraction of sp³-hybridized carbons (Fsp3) is 0.308. The molecule has 4 nitrogen and oxygen atoms in total. The lowest BCUT2D eigenvalue weighted by atomic mass is 10.2.